The van der Waals surface area contributed by atoms with Crippen LogP contribution < -0.4 is 15.6 Å². The van der Waals surface area contributed by atoms with Gasteiger partial charge in [0, 0.05) is 31.1 Å². The number of benzene rings is 1. The predicted octanol–water partition coefficient (Wildman–Crippen LogP) is 1.62. The Hall–Kier alpha value is -1.29. The summed E-state index contributed by atoms with van der Waals surface area (Å²) in [4.78, 5) is 1.26. The Morgan fingerprint density at radius 1 is 1.21 bits per heavy atom. The van der Waals surface area contributed by atoms with E-state index in [9.17, 15) is 8.42 Å². The lowest BCUT2D eigenvalue weighted by atomic mass is 10.1. The van der Waals surface area contributed by atoms with Crippen LogP contribution in [-0.4, -0.2) is 32.4 Å². The van der Waals surface area contributed by atoms with Crippen LogP contribution >= 0.6 is 11.3 Å². The monoisotopic (exact) mass is 366 g/mol. The van der Waals surface area contributed by atoms with Crippen LogP contribution in [0.1, 0.15) is 22.9 Å². The van der Waals surface area contributed by atoms with Crippen LogP contribution in [0.15, 0.2) is 47.8 Å². The molecule has 130 valence electrons. The van der Waals surface area contributed by atoms with Crippen molar-refractivity contribution in [2.45, 2.75) is 25.0 Å². The SMILES string of the molecule is CN(CC1CC(c2cccs2)NN1)S(=O)(=O)NCc1ccccc1. The molecule has 6 nitrogen and oxygen atoms in total. The molecular weight excluding hydrogens is 344 g/mol. The lowest BCUT2D eigenvalue weighted by Crippen LogP contribution is -2.45. The van der Waals surface area contributed by atoms with E-state index >= 15 is 0 Å². The highest BCUT2D eigenvalue weighted by atomic mass is 32.2. The van der Waals surface area contributed by atoms with Gasteiger partial charge in [-0.25, -0.2) is 5.43 Å². The third kappa shape index (κ3) is 4.41. The summed E-state index contributed by atoms with van der Waals surface area (Å²) in [5.74, 6) is 0. The zero-order valence-corrected chi connectivity index (χ0v) is 15.1. The first kappa shape index (κ1) is 17.5. The molecule has 0 spiro atoms. The first-order valence-electron chi connectivity index (χ1n) is 7.84. The number of thiophene rings is 1. The van der Waals surface area contributed by atoms with Gasteiger partial charge in [0.05, 0.1) is 6.04 Å². The summed E-state index contributed by atoms with van der Waals surface area (Å²) in [6.45, 7) is 0.709. The molecule has 2 unspecified atom stereocenters. The van der Waals surface area contributed by atoms with E-state index in [4.69, 9.17) is 0 Å². The minimum absolute atomic E-state index is 0.0791. The van der Waals surface area contributed by atoms with E-state index in [0.29, 0.717) is 13.1 Å². The number of likely N-dealkylation sites (N-methyl/N-ethyl adjacent to an activating group) is 1. The van der Waals surface area contributed by atoms with Gasteiger partial charge in [-0.05, 0) is 23.4 Å². The molecule has 0 bridgehead atoms. The molecule has 0 saturated carbocycles. The predicted molar refractivity (Wildman–Crippen MR) is 96.6 cm³/mol. The van der Waals surface area contributed by atoms with E-state index < -0.39 is 10.2 Å². The van der Waals surface area contributed by atoms with Crippen LogP contribution in [0.5, 0.6) is 0 Å². The number of hydrogen-bond acceptors (Lipinski definition) is 5. The highest BCUT2D eigenvalue weighted by molar-refractivity contribution is 7.87. The quantitative estimate of drug-likeness (QED) is 0.696. The van der Waals surface area contributed by atoms with Gasteiger partial charge in [0.25, 0.3) is 10.2 Å². The van der Waals surface area contributed by atoms with Crippen molar-refractivity contribution >= 4 is 21.5 Å². The fourth-order valence-corrected chi connectivity index (χ4v) is 4.44. The highest BCUT2D eigenvalue weighted by Crippen LogP contribution is 2.26. The van der Waals surface area contributed by atoms with Gasteiger partial charge >= 0.3 is 0 Å². The maximum Gasteiger partial charge on any atom is 0.279 e. The number of nitrogens with zero attached hydrogens (tertiary/aromatic N) is 1. The second-order valence-electron chi connectivity index (χ2n) is 5.88. The van der Waals surface area contributed by atoms with E-state index in [1.54, 1.807) is 18.4 Å². The van der Waals surface area contributed by atoms with Gasteiger partial charge < -0.3 is 0 Å². The van der Waals surface area contributed by atoms with Gasteiger partial charge in [0.15, 0.2) is 0 Å². The molecule has 1 aliphatic rings. The number of nitrogens with one attached hydrogen (secondary N) is 3. The van der Waals surface area contributed by atoms with Crippen LogP contribution in [0.2, 0.25) is 0 Å². The van der Waals surface area contributed by atoms with E-state index in [-0.39, 0.29) is 12.1 Å². The van der Waals surface area contributed by atoms with Crippen molar-refractivity contribution in [1.29, 1.82) is 0 Å². The Morgan fingerprint density at radius 3 is 2.71 bits per heavy atom. The molecule has 1 saturated heterocycles. The first-order chi connectivity index (χ1) is 11.5. The van der Waals surface area contributed by atoms with Gasteiger partial charge in [-0.15, -0.1) is 11.3 Å². The van der Waals surface area contributed by atoms with Crippen molar-refractivity contribution in [2.24, 2.45) is 0 Å². The maximum atomic E-state index is 12.4. The molecular formula is C16H22N4O2S2. The lowest BCUT2D eigenvalue weighted by Gasteiger charge is -2.21. The lowest BCUT2D eigenvalue weighted by molar-refractivity contribution is 0.402. The van der Waals surface area contributed by atoms with Crippen molar-refractivity contribution in [3.63, 3.8) is 0 Å². The van der Waals surface area contributed by atoms with Crippen molar-refractivity contribution < 1.29 is 8.42 Å². The number of hydrazine groups is 1. The first-order valence-corrected chi connectivity index (χ1v) is 10.2. The van der Waals surface area contributed by atoms with E-state index in [2.05, 4.69) is 27.0 Å². The van der Waals surface area contributed by atoms with Crippen molar-refractivity contribution in [2.75, 3.05) is 13.6 Å². The molecule has 2 atom stereocenters. The fourth-order valence-electron chi connectivity index (χ4n) is 2.71. The summed E-state index contributed by atoms with van der Waals surface area (Å²) >= 11 is 1.71. The molecule has 2 heterocycles. The summed E-state index contributed by atoms with van der Waals surface area (Å²) in [5, 5.41) is 2.05. The largest absolute Gasteiger partial charge is 0.279 e. The minimum atomic E-state index is -3.50. The molecule has 1 fully saturated rings. The Kier molecular flexibility index (Phi) is 5.65. The zero-order valence-electron chi connectivity index (χ0n) is 13.5. The Bertz CT molecular complexity index is 735. The molecule has 24 heavy (non-hydrogen) atoms. The van der Waals surface area contributed by atoms with Gasteiger partial charge in [-0.1, -0.05) is 36.4 Å². The van der Waals surface area contributed by atoms with Crippen LogP contribution in [0, 0.1) is 0 Å². The third-order valence-electron chi connectivity index (χ3n) is 4.06. The van der Waals surface area contributed by atoms with Crippen LogP contribution in [-0.2, 0) is 16.8 Å². The van der Waals surface area contributed by atoms with Crippen LogP contribution in [0.25, 0.3) is 0 Å². The second-order valence-corrected chi connectivity index (χ2v) is 8.72. The van der Waals surface area contributed by atoms with Gasteiger partial charge in [-0.2, -0.15) is 17.4 Å². The topological polar surface area (TPSA) is 73.5 Å². The summed E-state index contributed by atoms with van der Waals surface area (Å²) in [6, 6.07) is 13.9. The second kappa shape index (κ2) is 7.73. The molecule has 3 rings (SSSR count). The summed E-state index contributed by atoms with van der Waals surface area (Å²) in [7, 11) is -1.89. The zero-order chi connectivity index (χ0) is 17.0. The molecule has 0 aliphatic carbocycles. The molecule has 1 aromatic carbocycles. The molecule has 1 aliphatic heterocycles. The van der Waals surface area contributed by atoms with Crippen LogP contribution in [0.4, 0.5) is 0 Å². The van der Waals surface area contributed by atoms with Gasteiger partial charge in [0.2, 0.25) is 0 Å². The Morgan fingerprint density at radius 2 is 2.00 bits per heavy atom. The summed E-state index contributed by atoms with van der Waals surface area (Å²) < 4.78 is 28.7. The normalized spacial score (nSPS) is 21.4. The average molecular weight is 367 g/mol. The van der Waals surface area contributed by atoms with Crippen molar-refractivity contribution in [1.82, 2.24) is 19.9 Å². The Balaban J connectivity index is 1.51. The van der Waals surface area contributed by atoms with Crippen molar-refractivity contribution in [3.05, 3.63) is 58.3 Å². The minimum Gasteiger partial charge on any atom is -0.253 e. The molecule has 0 amide bonds. The fraction of sp³-hybridized carbons (Fsp3) is 0.375. The standard InChI is InChI=1S/C16H22N4O2S2/c1-20(24(21,22)17-11-13-6-3-2-4-7-13)12-14-10-15(19-18-14)16-8-5-9-23-16/h2-9,14-15,17-19H,10-12H2,1H3. The van der Waals surface area contributed by atoms with E-state index in [1.807, 2.05) is 36.4 Å². The number of hydrogen-bond donors (Lipinski definition) is 3. The Labute approximate surface area is 147 Å². The van der Waals surface area contributed by atoms with E-state index in [0.717, 1.165) is 12.0 Å². The van der Waals surface area contributed by atoms with Gasteiger partial charge in [-0.3, -0.25) is 5.43 Å². The molecule has 8 heteroatoms. The molecule has 2 aromatic rings. The smallest absolute Gasteiger partial charge is 0.253 e. The molecule has 3 N–H and O–H groups in total. The molecule has 0 radical (unpaired) electrons. The number of rotatable bonds is 7. The summed E-state index contributed by atoms with van der Waals surface area (Å²) in [5.41, 5.74) is 7.37. The average Bonchev–Trinajstić information content (AvgIpc) is 3.25. The van der Waals surface area contributed by atoms with E-state index in [1.165, 1.54) is 9.18 Å². The van der Waals surface area contributed by atoms with Gasteiger partial charge in [0.1, 0.15) is 0 Å². The third-order valence-corrected chi connectivity index (χ3v) is 6.52. The maximum absolute atomic E-state index is 12.4. The molecule has 1 aromatic heterocycles. The highest BCUT2D eigenvalue weighted by Gasteiger charge is 2.29. The van der Waals surface area contributed by atoms with Crippen molar-refractivity contribution in [3.8, 4) is 0 Å². The van der Waals surface area contributed by atoms with Crippen LogP contribution in [0.3, 0.4) is 0 Å². The summed E-state index contributed by atoms with van der Waals surface area (Å²) in [6.07, 6.45) is 0.860.